The van der Waals surface area contributed by atoms with E-state index in [1.165, 1.54) is 12.1 Å². The number of carbonyl (C=O) groups is 1. The summed E-state index contributed by atoms with van der Waals surface area (Å²) in [6.45, 7) is 0.798. The summed E-state index contributed by atoms with van der Waals surface area (Å²) in [5.74, 6) is 0.478. The molecule has 3 aromatic rings. The number of hydrogen-bond donors (Lipinski definition) is 1. The van der Waals surface area contributed by atoms with Gasteiger partial charge in [0.15, 0.2) is 17.2 Å². The van der Waals surface area contributed by atoms with E-state index in [1.54, 1.807) is 49.2 Å². The van der Waals surface area contributed by atoms with Crippen LogP contribution in [0, 0.1) is 5.82 Å². The zero-order valence-electron chi connectivity index (χ0n) is 18.2. The van der Waals surface area contributed by atoms with Gasteiger partial charge in [0.2, 0.25) is 0 Å². The van der Waals surface area contributed by atoms with Crippen molar-refractivity contribution in [2.45, 2.75) is 25.7 Å². The van der Waals surface area contributed by atoms with Crippen molar-refractivity contribution in [3.8, 4) is 17.2 Å². The van der Waals surface area contributed by atoms with Crippen molar-refractivity contribution in [1.82, 2.24) is 9.78 Å². The molecule has 1 aliphatic rings. The van der Waals surface area contributed by atoms with E-state index < -0.39 is 0 Å². The van der Waals surface area contributed by atoms with Gasteiger partial charge in [-0.1, -0.05) is 0 Å². The molecule has 0 radical (unpaired) electrons. The molecule has 1 N–H and O–H groups in total. The van der Waals surface area contributed by atoms with Crippen molar-refractivity contribution in [2.24, 2.45) is 0 Å². The van der Waals surface area contributed by atoms with E-state index >= 15 is 0 Å². The molecule has 1 aromatic heterocycles. The topological polar surface area (TPSA) is 74.6 Å². The van der Waals surface area contributed by atoms with E-state index in [0.29, 0.717) is 36.1 Å². The number of rotatable bonds is 8. The Labute approximate surface area is 186 Å². The number of nitrogens with one attached hydrogen (secondary N) is 1. The molecule has 2 aromatic carbocycles. The third kappa shape index (κ3) is 4.60. The van der Waals surface area contributed by atoms with Gasteiger partial charge < -0.3 is 19.5 Å². The zero-order valence-corrected chi connectivity index (χ0v) is 18.2. The number of ether oxygens (including phenoxy) is 3. The maximum atomic E-state index is 13.4. The lowest BCUT2D eigenvalue weighted by Gasteiger charge is -2.14. The summed E-state index contributed by atoms with van der Waals surface area (Å²) in [6, 6.07) is 11.4. The summed E-state index contributed by atoms with van der Waals surface area (Å²) in [6.07, 6.45) is 3.64. The minimum absolute atomic E-state index is 0.294. The third-order valence-electron chi connectivity index (χ3n) is 5.43. The Hall–Kier alpha value is -3.39. The molecule has 0 bridgehead atoms. The fraction of sp³-hybridized carbons (Fsp3) is 0.333. The highest BCUT2D eigenvalue weighted by Gasteiger charge is 2.26. The fourth-order valence-corrected chi connectivity index (χ4v) is 3.87. The second-order valence-corrected chi connectivity index (χ2v) is 7.53. The lowest BCUT2D eigenvalue weighted by molar-refractivity contribution is 0.102. The molecule has 8 heteroatoms. The predicted octanol–water partition coefficient (Wildman–Crippen LogP) is 4.18. The van der Waals surface area contributed by atoms with E-state index in [2.05, 4.69) is 10.4 Å². The number of fused-ring (bicyclic) bond motifs is 1. The molecule has 1 amide bonds. The molecule has 0 saturated carbocycles. The summed E-state index contributed by atoms with van der Waals surface area (Å²) >= 11 is 0. The zero-order chi connectivity index (χ0) is 22.5. The summed E-state index contributed by atoms with van der Waals surface area (Å²) in [4.78, 5) is 13.2. The Morgan fingerprint density at radius 1 is 1.06 bits per heavy atom. The molecule has 0 saturated heterocycles. The quantitative estimate of drug-likeness (QED) is 0.533. The fourth-order valence-electron chi connectivity index (χ4n) is 3.87. The Kier molecular flexibility index (Phi) is 6.70. The van der Waals surface area contributed by atoms with Gasteiger partial charge in [0.25, 0.3) is 5.91 Å². The van der Waals surface area contributed by atoms with E-state index in [1.807, 2.05) is 0 Å². The van der Waals surface area contributed by atoms with Gasteiger partial charge in [-0.15, -0.1) is 0 Å². The number of hydrogen-bond acceptors (Lipinski definition) is 5. The summed E-state index contributed by atoms with van der Waals surface area (Å²) in [5, 5.41) is 7.54. The lowest BCUT2D eigenvalue weighted by atomic mass is 9.95. The molecular weight excluding hydrogens is 413 g/mol. The second-order valence-electron chi connectivity index (χ2n) is 7.53. The molecule has 0 aliphatic heterocycles. The van der Waals surface area contributed by atoms with Crippen LogP contribution in [-0.4, -0.2) is 43.1 Å². The second kappa shape index (κ2) is 9.82. The lowest BCUT2D eigenvalue weighted by Crippen LogP contribution is -2.16. The monoisotopic (exact) mass is 439 g/mol. The van der Waals surface area contributed by atoms with Crippen LogP contribution in [0.25, 0.3) is 5.69 Å². The normalized spacial score (nSPS) is 12.8. The first-order valence-electron chi connectivity index (χ1n) is 10.6. The van der Waals surface area contributed by atoms with Crippen LogP contribution in [0.3, 0.4) is 0 Å². The van der Waals surface area contributed by atoms with Crippen molar-refractivity contribution in [3.63, 3.8) is 0 Å². The first-order chi connectivity index (χ1) is 15.6. The molecule has 1 heterocycles. The molecule has 4 rings (SSSR count). The van der Waals surface area contributed by atoms with Gasteiger partial charge in [-0.2, -0.15) is 5.10 Å². The Bertz CT molecular complexity index is 1100. The SMILES string of the molecule is COCCOc1cc(NC(=O)c2nn(-c3ccc(F)cc3)c3c2CCCC3)ccc1OC. The van der Waals surface area contributed by atoms with Crippen LogP contribution in [0.2, 0.25) is 0 Å². The van der Waals surface area contributed by atoms with E-state index in [0.717, 1.165) is 42.6 Å². The molecule has 0 atom stereocenters. The molecule has 0 fully saturated rings. The number of nitrogens with zero attached hydrogens (tertiary/aromatic N) is 2. The minimum atomic E-state index is -0.309. The van der Waals surface area contributed by atoms with Gasteiger partial charge >= 0.3 is 0 Å². The smallest absolute Gasteiger partial charge is 0.276 e. The first-order valence-corrected chi connectivity index (χ1v) is 10.6. The molecule has 1 aliphatic carbocycles. The molecular formula is C24H26FN3O4. The highest BCUT2D eigenvalue weighted by atomic mass is 19.1. The highest BCUT2D eigenvalue weighted by molar-refractivity contribution is 6.04. The highest BCUT2D eigenvalue weighted by Crippen LogP contribution is 2.31. The molecule has 0 spiro atoms. The molecule has 0 unspecified atom stereocenters. The maximum Gasteiger partial charge on any atom is 0.276 e. The number of methoxy groups -OCH3 is 2. The first kappa shape index (κ1) is 21.8. The average Bonchev–Trinajstić information content (AvgIpc) is 3.20. The summed E-state index contributed by atoms with van der Waals surface area (Å²) < 4.78 is 31.2. The van der Waals surface area contributed by atoms with Gasteiger partial charge in [-0.3, -0.25) is 4.79 Å². The van der Waals surface area contributed by atoms with Crippen LogP contribution in [0.15, 0.2) is 42.5 Å². The maximum absolute atomic E-state index is 13.4. The number of halogens is 1. The summed E-state index contributed by atoms with van der Waals surface area (Å²) in [7, 11) is 3.16. The number of anilines is 1. The largest absolute Gasteiger partial charge is 0.493 e. The van der Waals surface area contributed by atoms with Crippen LogP contribution in [-0.2, 0) is 17.6 Å². The van der Waals surface area contributed by atoms with Crippen molar-refractivity contribution < 1.29 is 23.4 Å². The van der Waals surface area contributed by atoms with Crippen LogP contribution < -0.4 is 14.8 Å². The van der Waals surface area contributed by atoms with Crippen molar-refractivity contribution in [3.05, 3.63) is 65.2 Å². The van der Waals surface area contributed by atoms with Crippen LogP contribution >= 0.6 is 0 Å². The van der Waals surface area contributed by atoms with E-state index in [4.69, 9.17) is 14.2 Å². The van der Waals surface area contributed by atoms with Crippen molar-refractivity contribution >= 4 is 11.6 Å². The molecule has 168 valence electrons. The van der Waals surface area contributed by atoms with E-state index in [-0.39, 0.29) is 11.7 Å². The predicted molar refractivity (Wildman–Crippen MR) is 118 cm³/mol. The standard InChI is InChI=1S/C24H26FN3O4/c1-30-13-14-32-22-15-17(9-12-21(22)31-2)26-24(29)23-19-5-3-4-6-20(19)28(27-23)18-10-7-16(25)8-11-18/h7-12,15H,3-6,13-14H2,1-2H3,(H,26,29). The number of benzene rings is 2. The Morgan fingerprint density at radius 3 is 2.59 bits per heavy atom. The average molecular weight is 439 g/mol. The van der Waals surface area contributed by atoms with Gasteiger partial charge in [-0.25, -0.2) is 9.07 Å². The summed E-state index contributed by atoms with van der Waals surface area (Å²) in [5.41, 5.74) is 3.65. The number of carbonyl (C=O) groups excluding carboxylic acids is 1. The van der Waals surface area contributed by atoms with Crippen LogP contribution in [0.4, 0.5) is 10.1 Å². The van der Waals surface area contributed by atoms with E-state index in [9.17, 15) is 9.18 Å². The minimum Gasteiger partial charge on any atom is -0.493 e. The van der Waals surface area contributed by atoms with Gasteiger partial charge in [0.1, 0.15) is 12.4 Å². The van der Waals surface area contributed by atoms with Gasteiger partial charge in [0.05, 0.1) is 19.4 Å². The van der Waals surface area contributed by atoms with Crippen LogP contribution in [0.1, 0.15) is 34.6 Å². The van der Waals surface area contributed by atoms with Gasteiger partial charge in [0, 0.05) is 30.1 Å². The molecule has 7 nitrogen and oxygen atoms in total. The van der Waals surface area contributed by atoms with Crippen molar-refractivity contribution in [2.75, 3.05) is 32.8 Å². The van der Waals surface area contributed by atoms with Crippen molar-refractivity contribution in [1.29, 1.82) is 0 Å². The third-order valence-corrected chi connectivity index (χ3v) is 5.43. The number of amides is 1. The number of aromatic nitrogens is 2. The van der Waals surface area contributed by atoms with Crippen LogP contribution in [0.5, 0.6) is 11.5 Å². The Balaban J connectivity index is 1.61. The van der Waals surface area contributed by atoms with Gasteiger partial charge in [-0.05, 0) is 62.1 Å². The Morgan fingerprint density at radius 2 is 1.84 bits per heavy atom. The molecule has 32 heavy (non-hydrogen) atoms.